The standard InChI is InChI=1S/C17H19BrN2O2/c1-2-22-16(21)11-20-17(12-6-4-3-5-7-12)14-10-13(18)8-9-15(14)19/h3-10,17,20H,2,11,19H2,1H3/p+1. The van der Waals surface area contributed by atoms with E-state index in [9.17, 15) is 4.79 Å². The molecule has 0 radical (unpaired) electrons. The summed E-state index contributed by atoms with van der Waals surface area (Å²) in [7, 11) is 0. The number of hydrogen-bond acceptors (Lipinski definition) is 3. The van der Waals surface area contributed by atoms with Crippen LogP contribution in [-0.2, 0) is 9.53 Å². The van der Waals surface area contributed by atoms with E-state index in [1.807, 2.05) is 53.8 Å². The van der Waals surface area contributed by atoms with Gasteiger partial charge in [0.2, 0.25) is 0 Å². The van der Waals surface area contributed by atoms with Crippen LogP contribution in [0.3, 0.4) is 0 Å². The van der Waals surface area contributed by atoms with Crippen molar-refractivity contribution in [1.29, 1.82) is 0 Å². The molecular weight excluding hydrogens is 344 g/mol. The molecule has 0 aromatic heterocycles. The number of nitrogen functional groups attached to an aromatic ring is 1. The van der Waals surface area contributed by atoms with E-state index in [-0.39, 0.29) is 18.6 Å². The van der Waals surface area contributed by atoms with Gasteiger partial charge in [-0.05, 0) is 25.1 Å². The van der Waals surface area contributed by atoms with Crippen LogP contribution in [0.15, 0.2) is 53.0 Å². The number of rotatable bonds is 6. The second-order valence-electron chi connectivity index (χ2n) is 4.91. The normalized spacial score (nSPS) is 11.9. The quantitative estimate of drug-likeness (QED) is 0.610. The van der Waals surface area contributed by atoms with E-state index in [1.54, 1.807) is 6.92 Å². The first kappa shape index (κ1) is 16.5. The summed E-state index contributed by atoms with van der Waals surface area (Å²) in [4.78, 5) is 11.7. The van der Waals surface area contributed by atoms with Crippen molar-refractivity contribution in [2.75, 3.05) is 18.9 Å². The summed E-state index contributed by atoms with van der Waals surface area (Å²) in [5.74, 6) is -0.225. The van der Waals surface area contributed by atoms with Gasteiger partial charge in [0.1, 0.15) is 6.04 Å². The molecule has 0 heterocycles. The Hall–Kier alpha value is -1.85. The summed E-state index contributed by atoms with van der Waals surface area (Å²) in [5.41, 5.74) is 8.91. The average molecular weight is 364 g/mol. The Morgan fingerprint density at radius 3 is 2.68 bits per heavy atom. The highest BCUT2D eigenvalue weighted by Crippen LogP contribution is 2.26. The third kappa shape index (κ3) is 4.32. The number of carbonyl (C=O) groups excluding carboxylic acids is 1. The zero-order valence-corrected chi connectivity index (χ0v) is 14.0. The largest absolute Gasteiger partial charge is 0.462 e. The molecule has 0 aliphatic heterocycles. The lowest BCUT2D eigenvalue weighted by molar-refractivity contribution is -0.677. The van der Waals surface area contributed by atoms with Crippen molar-refractivity contribution in [1.82, 2.24) is 0 Å². The number of quaternary nitrogens is 1. The van der Waals surface area contributed by atoms with Crippen LogP contribution in [0.4, 0.5) is 5.69 Å². The number of anilines is 1. The molecule has 1 unspecified atom stereocenters. The fourth-order valence-corrected chi connectivity index (χ4v) is 2.73. The summed E-state index contributed by atoms with van der Waals surface area (Å²) in [6, 6.07) is 15.7. The Kier molecular flexibility index (Phi) is 5.98. The summed E-state index contributed by atoms with van der Waals surface area (Å²) >= 11 is 3.48. The van der Waals surface area contributed by atoms with Crippen molar-refractivity contribution < 1.29 is 14.8 Å². The molecule has 0 spiro atoms. The predicted molar refractivity (Wildman–Crippen MR) is 90.3 cm³/mol. The minimum Gasteiger partial charge on any atom is -0.462 e. The molecule has 4 N–H and O–H groups in total. The van der Waals surface area contributed by atoms with Crippen molar-refractivity contribution >= 4 is 27.6 Å². The number of ether oxygens (including phenoxy) is 1. The molecular formula is C17H20BrN2O2+. The van der Waals surface area contributed by atoms with E-state index in [2.05, 4.69) is 15.9 Å². The van der Waals surface area contributed by atoms with Crippen LogP contribution >= 0.6 is 15.9 Å². The zero-order chi connectivity index (χ0) is 15.9. The summed E-state index contributed by atoms with van der Waals surface area (Å²) < 4.78 is 5.97. The first-order chi connectivity index (χ1) is 10.6. The van der Waals surface area contributed by atoms with Crippen LogP contribution in [0.5, 0.6) is 0 Å². The van der Waals surface area contributed by atoms with Crippen LogP contribution in [0.2, 0.25) is 0 Å². The van der Waals surface area contributed by atoms with E-state index >= 15 is 0 Å². The van der Waals surface area contributed by atoms with Crippen LogP contribution in [0.25, 0.3) is 0 Å². The maximum Gasteiger partial charge on any atom is 0.361 e. The fraction of sp³-hybridized carbons (Fsp3) is 0.235. The van der Waals surface area contributed by atoms with Gasteiger partial charge in [0, 0.05) is 21.3 Å². The van der Waals surface area contributed by atoms with E-state index in [1.165, 1.54) is 0 Å². The molecule has 2 aromatic rings. The minimum atomic E-state index is -0.225. The zero-order valence-electron chi connectivity index (χ0n) is 12.5. The molecule has 1 atom stereocenters. The number of halogens is 1. The maximum atomic E-state index is 11.7. The van der Waals surface area contributed by atoms with E-state index in [0.717, 1.165) is 15.6 Å². The second kappa shape index (κ2) is 7.96. The van der Waals surface area contributed by atoms with Crippen LogP contribution in [0, 0.1) is 0 Å². The summed E-state index contributed by atoms with van der Waals surface area (Å²) in [6.45, 7) is 2.44. The molecule has 2 rings (SSSR count). The first-order valence-corrected chi connectivity index (χ1v) is 8.00. The summed E-state index contributed by atoms with van der Waals surface area (Å²) in [5, 5.41) is 1.95. The SMILES string of the molecule is CCOC(=O)C[NH2+]C(c1ccccc1)c1cc(Br)ccc1N. The summed E-state index contributed by atoms with van der Waals surface area (Å²) in [6.07, 6.45) is 0. The van der Waals surface area contributed by atoms with Crippen molar-refractivity contribution in [3.63, 3.8) is 0 Å². The molecule has 0 amide bonds. The molecule has 5 heteroatoms. The molecule has 4 nitrogen and oxygen atoms in total. The maximum absolute atomic E-state index is 11.7. The topological polar surface area (TPSA) is 68.9 Å². The molecule has 0 saturated heterocycles. The second-order valence-corrected chi connectivity index (χ2v) is 5.82. The number of esters is 1. The smallest absolute Gasteiger partial charge is 0.361 e. The van der Waals surface area contributed by atoms with Crippen LogP contribution < -0.4 is 11.1 Å². The highest BCUT2D eigenvalue weighted by molar-refractivity contribution is 9.10. The highest BCUT2D eigenvalue weighted by Gasteiger charge is 2.21. The predicted octanol–water partition coefficient (Wildman–Crippen LogP) is 2.25. The monoisotopic (exact) mass is 363 g/mol. The number of nitrogens with two attached hydrogens (primary N) is 2. The first-order valence-electron chi connectivity index (χ1n) is 7.20. The number of carbonyl (C=O) groups is 1. The van der Waals surface area contributed by atoms with Gasteiger partial charge in [-0.2, -0.15) is 0 Å². The van der Waals surface area contributed by atoms with E-state index in [4.69, 9.17) is 10.5 Å². The Balaban J connectivity index is 2.29. The highest BCUT2D eigenvalue weighted by atomic mass is 79.9. The van der Waals surface area contributed by atoms with Crippen molar-refractivity contribution in [2.24, 2.45) is 0 Å². The fourth-order valence-electron chi connectivity index (χ4n) is 2.35. The lowest BCUT2D eigenvalue weighted by Crippen LogP contribution is -2.87. The van der Waals surface area contributed by atoms with Gasteiger partial charge in [-0.3, -0.25) is 0 Å². The van der Waals surface area contributed by atoms with Gasteiger partial charge in [0.25, 0.3) is 0 Å². The Morgan fingerprint density at radius 2 is 2.00 bits per heavy atom. The Morgan fingerprint density at radius 1 is 1.27 bits per heavy atom. The van der Waals surface area contributed by atoms with Gasteiger partial charge in [-0.1, -0.05) is 46.3 Å². The van der Waals surface area contributed by atoms with E-state index < -0.39 is 0 Å². The molecule has 0 fully saturated rings. The van der Waals surface area contributed by atoms with Crippen molar-refractivity contribution in [3.05, 3.63) is 64.1 Å². The third-order valence-electron chi connectivity index (χ3n) is 3.37. The molecule has 2 aromatic carbocycles. The molecule has 0 bridgehead atoms. The van der Waals surface area contributed by atoms with Gasteiger partial charge in [0.15, 0.2) is 6.54 Å². The Bertz CT molecular complexity index is 632. The van der Waals surface area contributed by atoms with Gasteiger partial charge in [-0.25, -0.2) is 4.79 Å². The molecule has 0 aliphatic carbocycles. The third-order valence-corrected chi connectivity index (χ3v) is 3.86. The molecule has 0 saturated carbocycles. The van der Waals surface area contributed by atoms with Crippen LogP contribution in [0.1, 0.15) is 24.1 Å². The average Bonchev–Trinajstić information content (AvgIpc) is 2.52. The van der Waals surface area contributed by atoms with Crippen molar-refractivity contribution in [3.8, 4) is 0 Å². The van der Waals surface area contributed by atoms with Crippen molar-refractivity contribution in [2.45, 2.75) is 13.0 Å². The van der Waals surface area contributed by atoms with Gasteiger partial charge >= 0.3 is 5.97 Å². The molecule has 0 aliphatic rings. The molecule has 116 valence electrons. The minimum absolute atomic E-state index is 0.0527. The number of benzene rings is 2. The molecule has 22 heavy (non-hydrogen) atoms. The lowest BCUT2D eigenvalue weighted by atomic mass is 9.97. The van der Waals surface area contributed by atoms with Crippen LogP contribution in [-0.4, -0.2) is 19.1 Å². The lowest BCUT2D eigenvalue weighted by Gasteiger charge is -2.18. The number of hydrogen-bond donors (Lipinski definition) is 2. The Labute approximate surface area is 138 Å². The van der Waals surface area contributed by atoms with Gasteiger partial charge in [-0.15, -0.1) is 0 Å². The van der Waals surface area contributed by atoms with Gasteiger partial charge in [0.05, 0.1) is 6.61 Å². The van der Waals surface area contributed by atoms with E-state index in [0.29, 0.717) is 12.3 Å². The van der Waals surface area contributed by atoms with Gasteiger partial charge < -0.3 is 15.8 Å².